The molecule has 3 amide bonds. The second-order valence-corrected chi connectivity index (χ2v) is 25.6. The number of phenols is 1. The first-order chi connectivity index (χ1) is 38.4. The second-order valence-electron chi connectivity index (χ2n) is 25.1. The topological polar surface area (TPSA) is 214 Å². The Hall–Kier alpha value is -6.29. The molecule has 9 rings (SSSR count). The van der Waals surface area contributed by atoms with Crippen LogP contribution >= 0.6 is 11.6 Å². The van der Waals surface area contributed by atoms with Crippen molar-refractivity contribution < 1.29 is 29.0 Å². The summed E-state index contributed by atoms with van der Waals surface area (Å²) in [5, 5.41) is 27.4. The van der Waals surface area contributed by atoms with E-state index in [-0.39, 0.29) is 80.6 Å². The number of carbonyl (C=O) groups is 3. The van der Waals surface area contributed by atoms with Gasteiger partial charge in [0.1, 0.15) is 29.3 Å². The number of methoxy groups -OCH3 is 1. The van der Waals surface area contributed by atoms with E-state index in [1.165, 1.54) is 18.2 Å². The summed E-state index contributed by atoms with van der Waals surface area (Å²) >= 11 is 5.55. The number of phenolic OH excluding ortho intramolecular Hbond substituents is 1. The maximum atomic E-state index is 13.6. The van der Waals surface area contributed by atoms with Crippen LogP contribution in [-0.2, 0) is 9.53 Å². The second kappa shape index (κ2) is 26.3. The zero-order valence-corrected chi connectivity index (χ0v) is 51.0. The van der Waals surface area contributed by atoms with Gasteiger partial charge < -0.3 is 50.1 Å². The lowest BCUT2D eigenvalue weighted by molar-refractivity contribution is -0.120. The van der Waals surface area contributed by atoms with Crippen molar-refractivity contribution in [1.82, 2.24) is 35.5 Å². The van der Waals surface area contributed by atoms with E-state index in [1.54, 1.807) is 49.8 Å². The fraction of sp³-hybridized carbons (Fsp3) is 0.613. The number of anilines is 5. The Kier molecular flexibility index (Phi) is 20.2. The van der Waals surface area contributed by atoms with Gasteiger partial charge in [0.2, 0.25) is 17.8 Å². The number of likely N-dealkylation sites (N-methyl/N-ethyl adjacent to an activating group) is 1. The van der Waals surface area contributed by atoms with Gasteiger partial charge in [-0.25, -0.2) is 15.0 Å². The van der Waals surface area contributed by atoms with Gasteiger partial charge in [-0.3, -0.25) is 14.4 Å². The monoisotopic (exact) mass is 1130 g/mol. The largest absolute Gasteiger partial charge is 0.508 e. The first-order valence-corrected chi connectivity index (χ1v) is 29.6. The van der Waals surface area contributed by atoms with Crippen LogP contribution in [0, 0.1) is 27.6 Å². The van der Waals surface area contributed by atoms with Crippen LogP contribution in [0.1, 0.15) is 173 Å². The molecule has 0 unspecified atom stereocenters. The number of likely N-dealkylation sites (tertiary alicyclic amines) is 1. The van der Waals surface area contributed by atoms with E-state index in [9.17, 15) is 14.4 Å². The number of piperidine rings is 2. The number of amides is 3. The number of rotatable bonds is 16. The molecule has 5 heterocycles. The molecule has 4 N–H and O–H groups in total. The average molecular weight is 1130 g/mol. The Labute approximate surface area is 486 Å². The van der Waals surface area contributed by atoms with Crippen molar-refractivity contribution in [3.8, 4) is 17.6 Å². The molecule has 18 nitrogen and oxygen atoms in total. The summed E-state index contributed by atoms with van der Waals surface area (Å²) in [5.41, 5.74) is 2.63. The summed E-state index contributed by atoms with van der Waals surface area (Å²) in [6, 6.07) is 11.7. The van der Waals surface area contributed by atoms with Crippen LogP contribution in [0.2, 0.25) is 5.02 Å². The zero-order chi connectivity index (χ0) is 59.0. The summed E-state index contributed by atoms with van der Waals surface area (Å²) < 4.78 is 12.6. The van der Waals surface area contributed by atoms with Crippen molar-refractivity contribution in [3.05, 3.63) is 76.7 Å². The molecule has 2 aliphatic carbocycles. The van der Waals surface area contributed by atoms with Crippen LogP contribution in [-0.4, -0.2) is 130 Å². The maximum absolute atomic E-state index is 13.6. The Morgan fingerprint density at radius 1 is 0.864 bits per heavy atom. The molecule has 0 spiro atoms. The van der Waals surface area contributed by atoms with Gasteiger partial charge in [-0.1, -0.05) is 86.8 Å². The predicted octanol–water partition coefficient (Wildman–Crippen LogP) is 11.1. The number of fused-ring (bicyclic) bond motifs is 1. The van der Waals surface area contributed by atoms with Crippen LogP contribution in [0.3, 0.4) is 0 Å². The lowest BCUT2D eigenvalue weighted by Gasteiger charge is -2.57. The van der Waals surface area contributed by atoms with E-state index in [0.717, 1.165) is 103 Å². The first kappa shape index (κ1) is 62.3. The molecule has 2 saturated heterocycles. The van der Waals surface area contributed by atoms with Gasteiger partial charge in [-0.05, 0) is 124 Å². The number of benzene rings is 2. The quantitative estimate of drug-likeness (QED) is 0.0821. The summed E-state index contributed by atoms with van der Waals surface area (Å²) in [6.07, 6.45) is 15.8. The summed E-state index contributed by atoms with van der Waals surface area (Å²) in [5.74, 6) is 2.26. The van der Waals surface area contributed by atoms with E-state index >= 15 is 0 Å². The lowest BCUT2D eigenvalue weighted by Crippen LogP contribution is -2.63. The number of nitrogens with one attached hydrogen (secondary N) is 3. The molecule has 3 aliphatic heterocycles. The van der Waals surface area contributed by atoms with E-state index in [2.05, 4.69) is 108 Å². The van der Waals surface area contributed by atoms with Crippen LogP contribution in [0.25, 0.3) is 0 Å². The van der Waals surface area contributed by atoms with Gasteiger partial charge in [-0.15, -0.1) is 0 Å². The minimum atomic E-state index is -0.301. The number of hydrogen-bond donors (Lipinski definition) is 4. The summed E-state index contributed by atoms with van der Waals surface area (Å²) in [7, 11) is 3.39. The molecule has 5 aliphatic rings. The van der Waals surface area contributed by atoms with Crippen LogP contribution in [0.5, 0.6) is 11.5 Å². The van der Waals surface area contributed by atoms with Gasteiger partial charge in [0, 0.05) is 75.9 Å². The van der Waals surface area contributed by atoms with Crippen molar-refractivity contribution in [2.24, 2.45) is 16.2 Å². The highest BCUT2D eigenvalue weighted by Gasteiger charge is 2.53. The highest BCUT2D eigenvalue weighted by atomic mass is 35.5. The molecule has 0 bridgehead atoms. The molecular weight excluding hydrogens is 1040 g/mol. The fourth-order valence-corrected chi connectivity index (χ4v) is 13.8. The highest BCUT2D eigenvalue weighted by Crippen LogP contribution is 2.53. The third-order valence-electron chi connectivity index (χ3n) is 16.5. The normalized spacial score (nSPS) is 19.7. The molecule has 2 aromatic carbocycles. The number of nitriles is 1. The van der Waals surface area contributed by atoms with Crippen molar-refractivity contribution >= 4 is 58.4 Å². The molecule has 4 aromatic rings. The van der Waals surface area contributed by atoms with Gasteiger partial charge in [0.25, 0.3) is 11.8 Å². The molecule has 2 saturated carbocycles. The van der Waals surface area contributed by atoms with Crippen LogP contribution in [0.15, 0.2) is 55.0 Å². The third kappa shape index (κ3) is 15.2. The molecular formula is C62H89ClN12O6. The third-order valence-corrected chi connectivity index (χ3v) is 16.8. The van der Waals surface area contributed by atoms with Gasteiger partial charge in [0.15, 0.2) is 5.82 Å². The molecule has 4 fully saturated rings. The molecule has 0 radical (unpaired) electrons. The number of hydrogen-bond acceptors (Lipinski definition) is 15. The van der Waals surface area contributed by atoms with Gasteiger partial charge in [0.05, 0.1) is 46.8 Å². The maximum Gasteiger partial charge on any atom is 0.254 e. The first-order valence-electron chi connectivity index (χ1n) is 29.3. The van der Waals surface area contributed by atoms with E-state index in [1.807, 2.05) is 26.0 Å². The molecule has 2 aromatic heterocycles. The number of ether oxygens (including phenoxy) is 2. The van der Waals surface area contributed by atoms with Crippen molar-refractivity contribution in [3.63, 3.8) is 0 Å². The van der Waals surface area contributed by atoms with E-state index in [4.69, 9.17) is 36.4 Å². The number of aromatic hydroxyl groups is 1. The number of carbonyl (C=O) groups excluding carboxylic acids is 3. The fourth-order valence-electron chi connectivity index (χ4n) is 13.6. The SMILES string of the molecule is CC.CC[C@@H]1C(=O)N(C)c2cnc(Nc3ccc(C(=O)NC4CCN(CC(C)(C)CC(C)(C)OC5CCN(c6ncc(C(=O)NC7C(C)(C)CC7(C)C)cn6)CC5)CC4)cc3OC)nc2N1C1CCCC1.N#Cc1ccc(O)cc1Cl. The lowest BCUT2D eigenvalue weighted by atomic mass is 9.52. The van der Waals surface area contributed by atoms with Crippen LogP contribution in [0.4, 0.5) is 29.1 Å². The highest BCUT2D eigenvalue weighted by molar-refractivity contribution is 6.31. The Balaban J connectivity index is 0.000000705. The predicted molar refractivity (Wildman–Crippen MR) is 321 cm³/mol. The number of halogens is 1. The average Bonchev–Trinajstić information content (AvgIpc) is 4.01. The van der Waals surface area contributed by atoms with Crippen molar-refractivity contribution in [2.75, 3.05) is 66.9 Å². The van der Waals surface area contributed by atoms with E-state index in [0.29, 0.717) is 52.1 Å². The Morgan fingerprint density at radius 2 is 1.51 bits per heavy atom. The van der Waals surface area contributed by atoms with Crippen molar-refractivity contribution in [1.29, 1.82) is 5.26 Å². The minimum absolute atomic E-state index is 0.0193. The molecule has 19 heteroatoms. The Morgan fingerprint density at radius 3 is 2.10 bits per heavy atom. The molecule has 81 heavy (non-hydrogen) atoms. The number of aromatic nitrogens is 4. The minimum Gasteiger partial charge on any atom is -0.508 e. The Bertz CT molecular complexity index is 2840. The van der Waals surface area contributed by atoms with Crippen molar-refractivity contribution in [2.45, 2.75) is 183 Å². The summed E-state index contributed by atoms with van der Waals surface area (Å²) in [6.45, 7) is 28.4. The van der Waals surface area contributed by atoms with Gasteiger partial charge >= 0.3 is 0 Å². The molecule has 1 atom stereocenters. The van der Waals surface area contributed by atoms with Crippen LogP contribution < -0.4 is 35.4 Å². The zero-order valence-electron chi connectivity index (χ0n) is 50.3. The standard InChI is InChI=1S/C53H79N11O5.C7H4ClNO.C2H6/c1-12-40-46(67)61(10)41-30-54-48(59-43(41)64(40)37-15-13-14-16-37)58-39-18-17-34(27-42(39)68-11)44(65)57-36-19-23-62(24-20-36)33-50(2,3)31-53(8,9)69-38-21-25-63(26-22-38)49-55-28-35(29-56-49)45(66)60-47-51(4,5)32-52(47,6)7;8-7-3-6(10)2-1-5(7)4-9;1-2/h17-18,27-30,36-38,40,47H,12-16,19-26,31-33H2,1-11H3,(H,57,65)(H,60,66)(H,54,58,59);1-3,10H;1-2H3/t40-;;/m1../s1. The molecule has 440 valence electrons. The number of nitrogens with zero attached hydrogens (tertiary/aromatic N) is 9. The van der Waals surface area contributed by atoms with Gasteiger partial charge in [-0.2, -0.15) is 10.2 Å². The smallest absolute Gasteiger partial charge is 0.254 e. The van der Waals surface area contributed by atoms with E-state index < -0.39 is 0 Å². The summed E-state index contributed by atoms with van der Waals surface area (Å²) in [4.78, 5) is 67.4.